The Kier molecular flexibility index (Phi) is 5.08. The molecule has 1 fully saturated rings. The van der Waals surface area contributed by atoms with Crippen molar-refractivity contribution in [3.63, 3.8) is 0 Å². The highest BCUT2D eigenvalue weighted by atomic mass is 35.5. The fraction of sp³-hybridized carbons (Fsp3) is 0.625. The van der Waals surface area contributed by atoms with E-state index in [0.29, 0.717) is 12.0 Å². The minimum absolute atomic E-state index is 0.627. The topological polar surface area (TPSA) is 12.0 Å². The van der Waals surface area contributed by atoms with Crippen LogP contribution in [0.25, 0.3) is 0 Å². The van der Waals surface area contributed by atoms with Crippen LogP contribution in [-0.4, -0.2) is 12.6 Å². The Morgan fingerprint density at radius 1 is 1.22 bits per heavy atom. The number of halogens is 1. The van der Waals surface area contributed by atoms with Crippen molar-refractivity contribution in [1.82, 2.24) is 5.32 Å². The van der Waals surface area contributed by atoms with Gasteiger partial charge in [-0.2, -0.15) is 0 Å². The van der Waals surface area contributed by atoms with Crippen molar-refractivity contribution in [2.24, 2.45) is 5.92 Å². The summed E-state index contributed by atoms with van der Waals surface area (Å²) in [7, 11) is 0. The lowest BCUT2D eigenvalue weighted by Crippen LogP contribution is -2.39. The van der Waals surface area contributed by atoms with Gasteiger partial charge in [0, 0.05) is 11.1 Å². The lowest BCUT2D eigenvalue weighted by Gasteiger charge is -2.33. The van der Waals surface area contributed by atoms with Crippen LogP contribution in [-0.2, 0) is 0 Å². The number of piperidine rings is 1. The Balaban J connectivity index is 2.15. The Morgan fingerprint density at radius 2 is 1.94 bits per heavy atom. The summed E-state index contributed by atoms with van der Waals surface area (Å²) in [4.78, 5) is 0. The van der Waals surface area contributed by atoms with Crippen LogP contribution in [0.3, 0.4) is 0 Å². The predicted octanol–water partition coefficient (Wildman–Crippen LogP) is 4.61. The summed E-state index contributed by atoms with van der Waals surface area (Å²) >= 11 is 5.99. The van der Waals surface area contributed by atoms with E-state index in [4.69, 9.17) is 11.6 Å². The van der Waals surface area contributed by atoms with Crippen molar-refractivity contribution < 1.29 is 0 Å². The van der Waals surface area contributed by atoms with Gasteiger partial charge in [0.1, 0.15) is 0 Å². The fourth-order valence-corrected chi connectivity index (χ4v) is 3.10. The minimum atomic E-state index is 0.627. The van der Waals surface area contributed by atoms with Gasteiger partial charge >= 0.3 is 0 Å². The molecule has 1 aliphatic rings. The first-order chi connectivity index (χ1) is 8.66. The summed E-state index contributed by atoms with van der Waals surface area (Å²) in [5.41, 5.74) is 1.44. The standard InChI is InChI=1S/C16H24ClN/c1-12(2)11-15(16-5-3-4-10-18-16)13-6-8-14(17)9-7-13/h6-9,12,15-16,18H,3-5,10-11H2,1-2H3/t15-,16-/m0/s1. The van der Waals surface area contributed by atoms with E-state index in [-0.39, 0.29) is 0 Å². The monoisotopic (exact) mass is 265 g/mol. The molecule has 0 unspecified atom stereocenters. The minimum Gasteiger partial charge on any atom is -0.313 e. The Hall–Kier alpha value is -0.530. The Morgan fingerprint density at radius 3 is 2.50 bits per heavy atom. The third-order valence-electron chi connectivity index (χ3n) is 3.86. The van der Waals surface area contributed by atoms with Crippen molar-refractivity contribution in [2.45, 2.75) is 51.5 Å². The maximum absolute atomic E-state index is 5.99. The first-order valence-corrected chi connectivity index (χ1v) is 7.53. The molecule has 0 amide bonds. The van der Waals surface area contributed by atoms with Gasteiger partial charge in [-0.1, -0.05) is 44.0 Å². The normalized spacial score (nSPS) is 22.1. The van der Waals surface area contributed by atoms with E-state index in [0.717, 1.165) is 10.9 Å². The number of rotatable bonds is 4. The van der Waals surface area contributed by atoms with Crippen molar-refractivity contribution in [3.8, 4) is 0 Å². The van der Waals surface area contributed by atoms with Gasteiger partial charge in [-0.3, -0.25) is 0 Å². The molecule has 0 spiro atoms. The van der Waals surface area contributed by atoms with Crippen LogP contribution in [0.15, 0.2) is 24.3 Å². The highest BCUT2D eigenvalue weighted by Gasteiger charge is 2.25. The largest absolute Gasteiger partial charge is 0.313 e. The average Bonchev–Trinajstić information content (AvgIpc) is 2.38. The number of hydrogen-bond acceptors (Lipinski definition) is 1. The van der Waals surface area contributed by atoms with Crippen LogP contribution in [0.4, 0.5) is 0 Å². The molecule has 2 rings (SSSR count). The molecule has 1 nitrogen and oxygen atoms in total. The summed E-state index contributed by atoms with van der Waals surface area (Å²) in [6.07, 6.45) is 5.24. The van der Waals surface area contributed by atoms with E-state index < -0.39 is 0 Å². The number of benzene rings is 1. The molecular formula is C16H24ClN. The van der Waals surface area contributed by atoms with E-state index >= 15 is 0 Å². The van der Waals surface area contributed by atoms with Crippen LogP contribution in [0.5, 0.6) is 0 Å². The van der Waals surface area contributed by atoms with Gasteiger partial charge in [0.15, 0.2) is 0 Å². The van der Waals surface area contributed by atoms with Crippen LogP contribution >= 0.6 is 11.6 Å². The molecule has 0 aliphatic carbocycles. The smallest absolute Gasteiger partial charge is 0.0406 e. The SMILES string of the molecule is CC(C)C[C@@H](c1ccc(Cl)cc1)[C@@H]1CCCCN1. The van der Waals surface area contributed by atoms with Crippen molar-refractivity contribution in [1.29, 1.82) is 0 Å². The second-order valence-electron chi connectivity index (χ2n) is 5.84. The molecule has 0 radical (unpaired) electrons. The zero-order chi connectivity index (χ0) is 13.0. The first kappa shape index (κ1) is 13.9. The van der Waals surface area contributed by atoms with Crippen LogP contribution in [0, 0.1) is 5.92 Å². The molecule has 100 valence electrons. The van der Waals surface area contributed by atoms with Crippen LogP contribution in [0.2, 0.25) is 5.02 Å². The van der Waals surface area contributed by atoms with Crippen molar-refractivity contribution in [2.75, 3.05) is 6.54 Å². The molecule has 1 aromatic carbocycles. The lowest BCUT2D eigenvalue weighted by molar-refractivity contribution is 0.318. The quantitative estimate of drug-likeness (QED) is 0.838. The van der Waals surface area contributed by atoms with Crippen molar-refractivity contribution >= 4 is 11.6 Å². The average molecular weight is 266 g/mol. The zero-order valence-electron chi connectivity index (χ0n) is 11.5. The van der Waals surface area contributed by atoms with Crippen molar-refractivity contribution in [3.05, 3.63) is 34.9 Å². The van der Waals surface area contributed by atoms with E-state index in [9.17, 15) is 0 Å². The molecule has 1 aromatic rings. The maximum atomic E-state index is 5.99. The molecule has 0 aromatic heterocycles. The van der Waals surface area contributed by atoms with E-state index in [1.54, 1.807) is 0 Å². The lowest BCUT2D eigenvalue weighted by atomic mass is 9.81. The van der Waals surface area contributed by atoms with Gasteiger partial charge in [0.2, 0.25) is 0 Å². The second-order valence-corrected chi connectivity index (χ2v) is 6.28. The highest BCUT2D eigenvalue weighted by molar-refractivity contribution is 6.30. The molecule has 18 heavy (non-hydrogen) atoms. The molecule has 0 saturated carbocycles. The van der Waals surface area contributed by atoms with Gasteiger partial charge in [-0.25, -0.2) is 0 Å². The molecule has 1 aliphatic heterocycles. The molecule has 2 heteroatoms. The van der Waals surface area contributed by atoms with Gasteiger partial charge in [0.25, 0.3) is 0 Å². The molecule has 0 bridgehead atoms. The first-order valence-electron chi connectivity index (χ1n) is 7.15. The van der Waals surface area contributed by atoms with Gasteiger partial charge in [-0.05, 0) is 55.3 Å². The fourth-order valence-electron chi connectivity index (χ4n) is 2.97. The predicted molar refractivity (Wildman–Crippen MR) is 79.3 cm³/mol. The number of hydrogen-bond donors (Lipinski definition) is 1. The summed E-state index contributed by atoms with van der Waals surface area (Å²) < 4.78 is 0. The molecule has 2 atom stereocenters. The summed E-state index contributed by atoms with van der Waals surface area (Å²) in [5.74, 6) is 1.36. The van der Waals surface area contributed by atoms with Crippen LogP contribution < -0.4 is 5.32 Å². The summed E-state index contributed by atoms with van der Waals surface area (Å²) in [5, 5.41) is 4.54. The van der Waals surface area contributed by atoms with Gasteiger partial charge in [0.05, 0.1) is 0 Å². The van der Waals surface area contributed by atoms with E-state index in [1.165, 1.54) is 37.8 Å². The Bertz CT molecular complexity index is 352. The summed E-state index contributed by atoms with van der Waals surface area (Å²) in [6, 6.07) is 9.08. The molecular weight excluding hydrogens is 242 g/mol. The maximum Gasteiger partial charge on any atom is 0.0406 e. The van der Waals surface area contributed by atoms with E-state index in [2.05, 4.69) is 31.3 Å². The highest BCUT2D eigenvalue weighted by Crippen LogP contribution is 2.31. The second kappa shape index (κ2) is 6.58. The molecule has 1 saturated heterocycles. The molecule has 1 N–H and O–H groups in total. The Labute approximate surface area is 116 Å². The van der Waals surface area contributed by atoms with Gasteiger partial charge < -0.3 is 5.32 Å². The summed E-state index contributed by atoms with van der Waals surface area (Å²) in [6.45, 7) is 5.80. The van der Waals surface area contributed by atoms with Crippen LogP contribution in [0.1, 0.15) is 51.0 Å². The third-order valence-corrected chi connectivity index (χ3v) is 4.11. The zero-order valence-corrected chi connectivity index (χ0v) is 12.2. The third kappa shape index (κ3) is 3.73. The van der Waals surface area contributed by atoms with E-state index in [1.807, 2.05) is 12.1 Å². The number of nitrogens with one attached hydrogen (secondary N) is 1. The van der Waals surface area contributed by atoms with Gasteiger partial charge in [-0.15, -0.1) is 0 Å². The molecule has 1 heterocycles.